The predicted octanol–water partition coefficient (Wildman–Crippen LogP) is 4.52. The molecule has 1 unspecified atom stereocenters. The largest absolute Gasteiger partial charge is 0.444 e. The Morgan fingerprint density at radius 1 is 0.800 bits per heavy atom. The minimum atomic E-state index is -1.70. The molecule has 278 valence electrons. The van der Waals surface area contributed by atoms with Gasteiger partial charge >= 0.3 is 12.2 Å². The van der Waals surface area contributed by atoms with Crippen molar-refractivity contribution in [1.29, 1.82) is 0 Å². The van der Waals surface area contributed by atoms with E-state index in [1.807, 2.05) is 30.3 Å². The summed E-state index contributed by atoms with van der Waals surface area (Å²) in [4.78, 5) is 51.0. The van der Waals surface area contributed by atoms with E-state index >= 15 is 0 Å². The van der Waals surface area contributed by atoms with Crippen LogP contribution in [-0.4, -0.2) is 78.2 Å². The van der Waals surface area contributed by atoms with Gasteiger partial charge in [0.1, 0.15) is 22.8 Å². The lowest BCUT2D eigenvalue weighted by molar-refractivity contribution is -0.132. The van der Waals surface area contributed by atoms with Crippen LogP contribution in [0.15, 0.2) is 48.5 Å². The third-order valence-electron chi connectivity index (χ3n) is 6.89. The molecule has 0 aliphatic carbocycles. The molecule has 14 heteroatoms. The Hall–Kier alpha value is -4.30. The van der Waals surface area contributed by atoms with Gasteiger partial charge in [-0.25, -0.2) is 18.4 Å². The molecule has 50 heavy (non-hydrogen) atoms. The summed E-state index contributed by atoms with van der Waals surface area (Å²) in [6.07, 6.45) is -3.82. The van der Waals surface area contributed by atoms with Gasteiger partial charge in [-0.1, -0.05) is 44.2 Å². The molecule has 4 amide bonds. The molecule has 0 fully saturated rings. The third-order valence-corrected chi connectivity index (χ3v) is 6.89. The van der Waals surface area contributed by atoms with Crippen molar-refractivity contribution in [3.8, 4) is 0 Å². The van der Waals surface area contributed by atoms with Crippen LogP contribution in [-0.2, 0) is 36.8 Å². The monoisotopic (exact) mass is 706 g/mol. The molecule has 3 atom stereocenters. The van der Waals surface area contributed by atoms with E-state index in [2.05, 4.69) is 21.3 Å². The number of hydrogen-bond donors (Lipinski definition) is 5. The minimum absolute atomic E-state index is 0.0152. The number of aliphatic hydroxyl groups is 1. The normalized spacial score (nSPS) is 13.7. The average Bonchev–Trinajstić information content (AvgIpc) is 2.98. The maximum absolute atomic E-state index is 14.4. The zero-order valence-corrected chi connectivity index (χ0v) is 30.2. The fraction of sp³-hybridized carbons (Fsp3) is 0.556. The van der Waals surface area contributed by atoms with Gasteiger partial charge in [0.2, 0.25) is 5.91 Å². The van der Waals surface area contributed by atoms with Crippen LogP contribution in [0.3, 0.4) is 0 Å². The number of ether oxygens (including phenoxy) is 3. The summed E-state index contributed by atoms with van der Waals surface area (Å²) in [5.41, 5.74) is -1.54. The van der Waals surface area contributed by atoms with Crippen molar-refractivity contribution in [1.82, 2.24) is 21.3 Å². The molecule has 2 rings (SSSR count). The van der Waals surface area contributed by atoms with E-state index in [1.54, 1.807) is 55.4 Å². The van der Waals surface area contributed by atoms with E-state index in [9.17, 15) is 33.1 Å². The smallest absolute Gasteiger partial charge is 0.408 e. The Balaban J connectivity index is 2.00. The summed E-state index contributed by atoms with van der Waals surface area (Å²) in [5, 5.41) is 21.4. The quantitative estimate of drug-likeness (QED) is 0.170. The van der Waals surface area contributed by atoms with E-state index in [0.717, 1.165) is 23.8 Å². The number of alkyl carbamates (subject to hydrolysis) is 2. The molecular weight excluding hydrogens is 654 g/mol. The maximum atomic E-state index is 14.4. The summed E-state index contributed by atoms with van der Waals surface area (Å²) >= 11 is 0. The Morgan fingerprint density at radius 3 is 1.98 bits per heavy atom. The van der Waals surface area contributed by atoms with E-state index in [1.165, 1.54) is 0 Å². The number of nitrogens with one attached hydrogen (secondary N) is 4. The first kappa shape index (κ1) is 41.9. The summed E-state index contributed by atoms with van der Waals surface area (Å²) < 4.78 is 44.5. The fourth-order valence-electron chi connectivity index (χ4n) is 4.47. The molecule has 0 bridgehead atoms. The van der Waals surface area contributed by atoms with Crippen molar-refractivity contribution in [3.63, 3.8) is 0 Å². The van der Waals surface area contributed by atoms with Gasteiger partial charge in [0.15, 0.2) is 6.10 Å². The summed E-state index contributed by atoms with van der Waals surface area (Å²) in [6, 6.07) is 10.1. The van der Waals surface area contributed by atoms with Crippen molar-refractivity contribution < 1.29 is 47.3 Å². The second kappa shape index (κ2) is 18.6. The van der Waals surface area contributed by atoms with Crippen molar-refractivity contribution >= 4 is 24.0 Å². The highest BCUT2D eigenvalue weighted by Crippen LogP contribution is 2.16. The van der Waals surface area contributed by atoms with E-state index in [-0.39, 0.29) is 44.7 Å². The lowest BCUT2D eigenvalue weighted by Crippen LogP contribution is -2.55. The van der Waals surface area contributed by atoms with Gasteiger partial charge in [0.05, 0.1) is 19.3 Å². The Bertz CT molecular complexity index is 1430. The van der Waals surface area contributed by atoms with Crippen molar-refractivity contribution in [2.24, 2.45) is 5.41 Å². The first-order valence-electron chi connectivity index (χ1n) is 16.4. The molecule has 2 aromatic carbocycles. The predicted molar refractivity (Wildman–Crippen MR) is 183 cm³/mol. The molecular formula is C36H52F2N4O8. The molecule has 0 saturated carbocycles. The fourth-order valence-corrected chi connectivity index (χ4v) is 4.47. The number of carbonyl (C=O) groups is 4. The van der Waals surface area contributed by atoms with Crippen molar-refractivity contribution in [2.45, 2.75) is 104 Å². The van der Waals surface area contributed by atoms with Gasteiger partial charge in [0.25, 0.3) is 5.91 Å². The molecule has 12 nitrogen and oxygen atoms in total. The highest BCUT2D eigenvalue weighted by Gasteiger charge is 2.31. The Labute approximate surface area is 293 Å². The summed E-state index contributed by atoms with van der Waals surface area (Å²) in [7, 11) is 0. The van der Waals surface area contributed by atoms with Gasteiger partial charge in [0, 0.05) is 25.6 Å². The number of benzene rings is 2. The Kier molecular flexibility index (Phi) is 15.6. The standard InChI is InChI=1S/C36H52F2N4O8/c1-34(2,3)49-32(46)41-26(17-24-16-25(37)14-15-27(24)38)18-29(43)39-21-36(7,8)22-40-31(45)30(44)28(42-33(47)50-35(4,5)6)20-48-19-23-12-10-9-11-13-23/h9-16,26,28,30,44H,17-22H2,1-8H3,(H,39,43)(H,40,45)(H,41,46)(H,42,47)/t26?,28-,30+/m1/s1. The highest BCUT2D eigenvalue weighted by molar-refractivity contribution is 5.82. The van der Waals surface area contributed by atoms with Crippen LogP contribution in [0.25, 0.3) is 0 Å². The highest BCUT2D eigenvalue weighted by atomic mass is 19.1. The van der Waals surface area contributed by atoms with E-state index in [4.69, 9.17) is 14.2 Å². The minimum Gasteiger partial charge on any atom is -0.444 e. The van der Waals surface area contributed by atoms with Gasteiger partial charge in [-0.05, 0) is 82.7 Å². The maximum Gasteiger partial charge on any atom is 0.408 e. The lowest BCUT2D eigenvalue weighted by atomic mass is 9.93. The molecule has 0 aromatic heterocycles. The van der Waals surface area contributed by atoms with E-state index in [0.29, 0.717) is 0 Å². The molecule has 0 aliphatic rings. The van der Waals surface area contributed by atoms with Crippen LogP contribution in [0.4, 0.5) is 18.4 Å². The molecule has 0 heterocycles. The van der Waals surface area contributed by atoms with Crippen molar-refractivity contribution in [3.05, 3.63) is 71.3 Å². The summed E-state index contributed by atoms with van der Waals surface area (Å²) in [5.74, 6) is -2.64. The zero-order valence-electron chi connectivity index (χ0n) is 30.2. The van der Waals surface area contributed by atoms with Gasteiger partial charge in [-0.15, -0.1) is 0 Å². The van der Waals surface area contributed by atoms with Gasteiger partial charge in [-0.3, -0.25) is 9.59 Å². The average molecular weight is 707 g/mol. The molecule has 0 saturated heterocycles. The second-order valence-electron chi connectivity index (χ2n) is 14.8. The third kappa shape index (κ3) is 16.9. The number of hydrogen-bond acceptors (Lipinski definition) is 8. The van der Waals surface area contributed by atoms with Crippen LogP contribution in [0.2, 0.25) is 0 Å². The van der Waals surface area contributed by atoms with Crippen LogP contribution in [0, 0.1) is 17.0 Å². The number of carbonyl (C=O) groups excluding carboxylic acids is 4. The number of amides is 4. The SMILES string of the molecule is CC(C)(CNC(=O)CC(Cc1cc(F)ccc1F)NC(=O)OC(C)(C)C)CNC(=O)[C@@H](O)[C@@H](COCc1ccccc1)NC(=O)OC(C)(C)C. The zero-order chi connectivity index (χ0) is 37.7. The lowest BCUT2D eigenvalue weighted by Gasteiger charge is -2.29. The molecule has 0 radical (unpaired) electrons. The van der Waals surface area contributed by atoms with Gasteiger partial charge in [-0.2, -0.15) is 0 Å². The van der Waals surface area contributed by atoms with Gasteiger partial charge < -0.3 is 40.6 Å². The summed E-state index contributed by atoms with van der Waals surface area (Å²) in [6.45, 7) is 13.6. The second-order valence-corrected chi connectivity index (χ2v) is 14.8. The molecule has 5 N–H and O–H groups in total. The Morgan fingerprint density at radius 2 is 1.38 bits per heavy atom. The molecule has 2 aromatic rings. The van der Waals surface area contributed by atoms with E-state index < -0.39 is 70.4 Å². The molecule has 0 aliphatic heterocycles. The topological polar surface area (TPSA) is 164 Å². The van der Waals surface area contributed by atoms with Crippen LogP contribution in [0.1, 0.15) is 72.9 Å². The first-order chi connectivity index (χ1) is 23.1. The first-order valence-corrected chi connectivity index (χ1v) is 16.4. The number of rotatable bonds is 16. The van der Waals surface area contributed by atoms with Crippen LogP contribution >= 0.6 is 0 Å². The number of halogens is 2. The van der Waals surface area contributed by atoms with Crippen molar-refractivity contribution in [2.75, 3.05) is 19.7 Å². The molecule has 0 spiro atoms. The van der Waals surface area contributed by atoms with Crippen LogP contribution < -0.4 is 21.3 Å². The van der Waals surface area contributed by atoms with Crippen LogP contribution in [0.5, 0.6) is 0 Å². The number of aliphatic hydroxyl groups excluding tert-OH is 1.